The maximum Gasteiger partial charge on any atom is 0.310 e. The molecule has 0 N–H and O–H groups in total. The normalized spacial score (nSPS) is 15.2. The number of carbonyl (C=O) groups excluding carboxylic acids is 1. The summed E-state index contributed by atoms with van der Waals surface area (Å²) in [6.07, 6.45) is 0.428. The number of hydrogen-bond acceptors (Lipinski definition) is 2. The Morgan fingerprint density at radius 3 is 3.00 bits per heavy atom. The Balaban J connectivity index is 2.44. The average molecular weight is 162 g/mol. The lowest BCUT2D eigenvalue weighted by atomic mass is 10.0. The van der Waals surface area contributed by atoms with E-state index in [-0.39, 0.29) is 5.97 Å². The lowest BCUT2D eigenvalue weighted by Crippen LogP contribution is -2.16. The zero-order valence-electron chi connectivity index (χ0n) is 6.96. The minimum Gasteiger partial charge on any atom is -0.461 e. The molecule has 0 aromatic heterocycles. The van der Waals surface area contributed by atoms with Crippen molar-refractivity contribution in [2.24, 2.45) is 0 Å². The maximum atomic E-state index is 10.9. The van der Waals surface area contributed by atoms with Gasteiger partial charge in [-0.05, 0) is 18.1 Å². The Morgan fingerprint density at radius 1 is 1.33 bits per heavy atom. The molecule has 0 saturated heterocycles. The molecule has 2 rings (SSSR count). The van der Waals surface area contributed by atoms with Crippen molar-refractivity contribution in [1.29, 1.82) is 0 Å². The second-order valence-corrected chi connectivity index (χ2v) is 3.11. The molecule has 2 heteroatoms. The number of esters is 1. The lowest BCUT2D eigenvalue weighted by Gasteiger charge is -2.15. The van der Waals surface area contributed by atoms with Gasteiger partial charge in [0.05, 0.1) is 6.42 Å². The molecule has 0 aliphatic carbocycles. The summed E-state index contributed by atoms with van der Waals surface area (Å²) in [4.78, 5) is 10.9. The van der Waals surface area contributed by atoms with Crippen molar-refractivity contribution in [3.8, 4) is 0 Å². The van der Waals surface area contributed by atoms with Gasteiger partial charge in [-0.25, -0.2) is 0 Å². The van der Waals surface area contributed by atoms with E-state index in [0.717, 1.165) is 11.1 Å². The molecule has 0 fully saturated rings. The van der Waals surface area contributed by atoms with Crippen molar-refractivity contribution in [1.82, 2.24) is 0 Å². The minimum atomic E-state index is -0.117. The van der Waals surface area contributed by atoms with E-state index in [1.165, 1.54) is 5.56 Å². The molecule has 12 heavy (non-hydrogen) atoms. The van der Waals surface area contributed by atoms with Crippen LogP contribution in [0.2, 0.25) is 0 Å². The maximum absolute atomic E-state index is 10.9. The van der Waals surface area contributed by atoms with Gasteiger partial charge in [0.15, 0.2) is 0 Å². The van der Waals surface area contributed by atoms with Crippen molar-refractivity contribution < 1.29 is 9.53 Å². The topological polar surface area (TPSA) is 26.3 Å². The van der Waals surface area contributed by atoms with Crippen LogP contribution in [0.1, 0.15) is 16.7 Å². The fraction of sp³-hybridized carbons (Fsp3) is 0.300. The number of carbonyl (C=O) groups is 1. The van der Waals surface area contributed by atoms with Crippen molar-refractivity contribution in [2.45, 2.75) is 20.0 Å². The summed E-state index contributed by atoms with van der Waals surface area (Å²) in [7, 11) is 0. The number of cyclic esters (lactones) is 1. The van der Waals surface area contributed by atoms with Crippen LogP contribution in [-0.2, 0) is 22.6 Å². The van der Waals surface area contributed by atoms with E-state index in [2.05, 4.69) is 6.07 Å². The van der Waals surface area contributed by atoms with Crippen LogP contribution in [0, 0.1) is 6.92 Å². The molecular formula is C10H10O2. The highest BCUT2D eigenvalue weighted by Gasteiger charge is 2.15. The Morgan fingerprint density at radius 2 is 2.17 bits per heavy atom. The number of aryl methyl sites for hydroxylation is 1. The van der Waals surface area contributed by atoms with Gasteiger partial charge in [-0.3, -0.25) is 4.79 Å². The molecule has 0 spiro atoms. The first-order valence-electron chi connectivity index (χ1n) is 4.00. The fourth-order valence-electron chi connectivity index (χ4n) is 1.42. The summed E-state index contributed by atoms with van der Waals surface area (Å²) >= 11 is 0. The zero-order chi connectivity index (χ0) is 8.55. The Hall–Kier alpha value is -1.31. The summed E-state index contributed by atoms with van der Waals surface area (Å²) in [5.74, 6) is -0.117. The molecule has 0 bridgehead atoms. The predicted molar refractivity (Wildman–Crippen MR) is 44.7 cm³/mol. The number of rotatable bonds is 0. The predicted octanol–water partition coefficient (Wildman–Crippen LogP) is 1.59. The Labute approximate surface area is 71.2 Å². The van der Waals surface area contributed by atoms with Crippen molar-refractivity contribution in [3.05, 3.63) is 34.9 Å². The SMILES string of the molecule is Cc1ccc2c(c1)CC(=O)OC2. The van der Waals surface area contributed by atoms with Gasteiger partial charge >= 0.3 is 5.97 Å². The number of benzene rings is 1. The molecule has 1 aliphatic heterocycles. The van der Waals surface area contributed by atoms with E-state index in [9.17, 15) is 4.79 Å². The van der Waals surface area contributed by atoms with E-state index < -0.39 is 0 Å². The summed E-state index contributed by atoms with van der Waals surface area (Å²) in [6.45, 7) is 2.47. The average Bonchev–Trinajstić information content (AvgIpc) is 2.03. The lowest BCUT2D eigenvalue weighted by molar-refractivity contribution is -0.145. The van der Waals surface area contributed by atoms with Gasteiger partial charge in [0, 0.05) is 0 Å². The van der Waals surface area contributed by atoms with E-state index in [1.54, 1.807) is 0 Å². The molecule has 1 heterocycles. The molecule has 0 saturated carbocycles. The number of ether oxygens (including phenoxy) is 1. The van der Waals surface area contributed by atoms with Crippen LogP contribution >= 0.6 is 0 Å². The third kappa shape index (κ3) is 1.20. The quantitative estimate of drug-likeness (QED) is 0.541. The first-order chi connectivity index (χ1) is 5.75. The van der Waals surface area contributed by atoms with Gasteiger partial charge in [0.25, 0.3) is 0 Å². The second kappa shape index (κ2) is 2.63. The van der Waals surface area contributed by atoms with Crippen LogP contribution < -0.4 is 0 Å². The molecule has 0 unspecified atom stereocenters. The van der Waals surface area contributed by atoms with Crippen LogP contribution in [0.4, 0.5) is 0 Å². The van der Waals surface area contributed by atoms with E-state index >= 15 is 0 Å². The van der Waals surface area contributed by atoms with Crippen molar-refractivity contribution in [2.75, 3.05) is 0 Å². The van der Waals surface area contributed by atoms with Gasteiger partial charge < -0.3 is 4.74 Å². The van der Waals surface area contributed by atoms with Crippen LogP contribution in [0.25, 0.3) is 0 Å². The van der Waals surface area contributed by atoms with Gasteiger partial charge in [-0.1, -0.05) is 23.8 Å². The third-order valence-electron chi connectivity index (χ3n) is 2.09. The molecular weight excluding hydrogens is 152 g/mol. The van der Waals surface area contributed by atoms with E-state index in [0.29, 0.717) is 13.0 Å². The third-order valence-corrected chi connectivity index (χ3v) is 2.09. The summed E-state index contributed by atoms with van der Waals surface area (Å²) in [5.41, 5.74) is 3.45. The van der Waals surface area contributed by atoms with E-state index in [4.69, 9.17) is 4.74 Å². The van der Waals surface area contributed by atoms with Crippen LogP contribution in [0.3, 0.4) is 0 Å². The summed E-state index contributed by atoms with van der Waals surface area (Å²) in [5, 5.41) is 0. The van der Waals surface area contributed by atoms with Crippen molar-refractivity contribution in [3.63, 3.8) is 0 Å². The second-order valence-electron chi connectivity index (χ2n) is 3.11. The standard InChI is InChI=1S/C10H10O2/c1-7-2-3-8-6-12-10(11)5-9(8)4-7/h2-4H,5-6H2,1H3. The van der Waals surface area contributed by atoms with Crippen LogP contribution in [0.15, 0.2) is 18.2 Å². The molecule has 62 valence electrons. The van der Waals surface area contributed by atoms with E-state index in [1.807, 2.05) is 19.1 Å². The first kappa shape index (κ1) is 7.35. The highest BCUT2D eigenvalue weighted by Crippen LogP contribution is 2.18. The monoisotopic (exact) mass is 162 g/mol. The fourth-order valence-corrected chi connectivity index (χ4v) is 1.42. The van der Waals surface area contributed by atoms with Gasteiger partial charge in [0.1, 0.15) is 6.61 Å². The highest BCUT2D eigenvalue weighted by atomic mass is 16.5. The van der Waals surface area contributed by atoms with Gasteiger partial charge in [-0.15, -0.1) is 0 Å². The first-order valence-corrected chi connectivity index (χ1v) is 4.00. The highest BCUT2D eigenvalue weighted by molar-refractivity contribution is 5.74. The van der Waals surface area contributed by atoms with Gasteiger partial charge in [0.2, 0.25) is 0 Å². The largest absolute Gasteiger partial charge is 0.461 e. The molecule has 0 atom stereocenters. The molecule has 0 amide bonds. The smallest absolute Gasteiger partial charge is 0.310 e. The van der Waals surface area contributed by atoms with Crippen LogP contribution in [-0.4, -0.2) is 5.97 Å². The molecule has 1 aromatic carbocycles. The van der Waals surface area contributed by atoms with Crippen molar-refractivity contribution >= 4 is 5.97 Å². The Bertz CT molecular complexity index is 329. The molecule has 1 aliphatic rings. The number of hydrogen-bond donors (Lipinski definition) is 0. The molecule has 2 nitrogen and oxygen atoms in total. The molecule has 0 radical (unpaired) electrons. The van der Waals surface area contributed by atoms with Gasteiger partial charge in [-0.2, -0.15) is 0 Å². The van der Waals surface area contributed by atoms with Crippen LogP contribution in [0.5, 0.6) is 0 Å². The molecule has 1 aromatic rings. The Kier molecular flexibility index (Phi) is 1.61. The summed E-state index contributed by atoms with van der Waals surface area (Å²) < 4.78 is 4.91. The minimum absolute atomic E-state index is 0.117. The number of fused-ring (bicyclic) bond motifs is 1. The summed E-state index contributed by atoms with van der Waals surface area (Å²) in [6, 6.07) is 6.12. The zero-order valence-corrected chi connectivity index (χ0v) is 6.96.